The molecular formula is C23H18N2O3. The molecule has 0 saturated carbocycles. The number of rotatable bonds is 3. The van der Waals surface area contributed by atoms with Crippen LogP contribution in [0.25, 0.3) is 22.1 Å². The SMILES string of the molecule is O=c1cc(-c2ccccc2)c2ccc3c(c2o1)CN(Cc1ccncc1)CO3. The zero-order chi connectivity index (χ0) is 18.9. The Morgan fingerprint density at radius 3 is 2.64 bits per heavy atom. The van der Waals surface area contributed by atoms with Crippen LogP contribution in [0.4, 0.5) is 0 Å². The van der Waals surface area contributed by atoms with E-state index in [0.29, 0.717) is 18.9 Å². The highest BCUT2D eigenvalue weighted by molar-refractivity contribution is 5.95. The van der Waals surface area contributed by atoms with E-state index in [1.807, 2.05) is 54.6 Å². The van der Waals surface area contributed by atoms with Gasteiger partial charge in [-0.25, -0.2) is 4.79 Å². The number of hydrogen-bond acceptors (Lipinski definition) is 5. The lowest BCUT2D eigenvalue weighted by Crippen LogP contribution is -2.31. The molecule has 2 aromatic carbocycles. The summed E-state index contributed by atoms with van der Waals surface area (Å²) in [6.07, 6.45) is 3.57. The highest BCUT2D eigenvalue weighted by Gasteiger charge is 2.22. The molecule has 138 valence electrons. The molecule has 0 fully saturated rings. The fourth-order valence-corrected chi connectivity index (χ4v) is 3.68. The lowest BCUT2D eigenvalue weighted by Gasteiger charge is -2.29. The first-order valence-corrected chi connectivity index (χ1v) is 9.17. The Morgan fingerprint density at radius 1 is 1.00 bits per heavy atom. The molecule has 0 unspecified atom stereocenters. The van der Waals surface area contributed by atoms with Crippen LogP contribution in [0.15, 0.2) is 82.3 Å². The van der Waals surface area contributed by atoms with Crippen molar-refractivity contribution in [2.24, 2.45) is 0 Å². The zero-order valence-electron chi connectivity index (χ0n) is 15.2. The molecule has 5 heteroatoms. The molecule has 0 radical (unpaired) electrons. The first-order valence-electron chi connectivity index (χ1n) is 9.17. The number of ether oxygens (including phenoxy) is 1. The van der Waals surface area contributed by atoms with Crippen molar-refractivity contribution in [3.8, 4) is 16.9 Å². The minimum absolute atomic E-state index is 0.356. The van der Waals surface area contributed by atoms with Crippen LogP contribution in [-0.2, 0) is 13.1 Å². The first-order chi connectivity index (χ1) is 13.8. The van der Waals surface area contributed by atoms with Crippen LogP contribution in [-0.4, -0.2) is 16.6 Å². The fourth-order valence-electron chi connectivity index (χ4n) is 3.68. The van der Waals surface area contributed by atoms with Crippen LogP contribution in [0.5, 0.6) is 5.75 Å². The molecule has 0 bridgehead atoms. The van der Waals surface area contributed by atoms with E-state index in [4.69, 9.17) is 9.15 Å². The third kappa shape index (κ3) is 3.06. The second-order valence-corrected chi connectivity index (χ2v) is 6.88. The Balaban J connectivity index is 1.59. The highest BCUT2D eigenvalue weighted by atomic mass is 16.5. The van der Waals surface area contributed by atoms with E-state index < -0.39 is 0 Å². The Labute approximate surface area is 161 Å². The Hall–Kier alpha value is -3.44. The lowest BCUT2D eigenvalue weighted by atomic mass is 9.99. The van der Waals surface area contributed by atoms with Crippen LogP contribution >= 0.6 is 0 Å². The summed E-state index contributed by atoms with van der Waals surface area (Å²) in [7, 11) is 0. The van der Waals surface area contributed by atoms with E-state index in [1.54, 1.807) is 18.5 Å². The topological polar surface area (TPSA) is 55.6 Å². The van der Waals surface area contributed by atoms with Crippen molar-refractivity contribution in [3.05, 3.63) is 94.6 Å². The molecule has 1 aliphatic heterocycles. The van der Waals surface area contributed by atoms with Crippen molar-refractivity contribution < 1.29 is 9.15 Å². The molecule has 0 N–H and O–H groups in total. The third-order valence-electron chi connectivity index (χ3n) is 5.00. The number of fused-ring (bicyclic) bond motifs is 3. The summed E-state index contributed by atoms with van der Waals surface area (Å²) in [5.41, 5.74) is 4.18. The normalized spacial score (nSPS) is 13.9. The molecule has 28 heavy (non-hydrogen) atoms. The van der Waals surface area contributed by atoms with Crippen molar-refractivity contribution in [3.63, 3.8) is 0 Å². The number of pyridine rings is 1. The Bertz CT molecular complexity index is 1190. The largest absolute Gasteiger partial charge is 0.478 e. The molecule has 5 nitrogen and oxygen atoms in total. The average Bonchev–Trinajstić information content (AvgIpc) is 2.74. The molecule has 4 aromatic rings. The summed E-state index contributed by atoms with van der Waals surface area (Å²) in [5, 5.41) is 0.916. The van der Waals surface area contributed by atoms with Gasteiger partial charge in [0.25, 0.3) is 0 Å². The summed E-state index contributed by atoms with van der Waals surface area (Å²) < 4.78 is 11.6. The van der Waals surface area contributed by atoms with Gasteiger partial charge in [0.2, 0.25) is 0 Å². The summed E-state index contributed by atoms with van der Waals surface area (Å²) in [4.78, 5) is 18.5. The minimum atomic E-state index is -0.356. The van der Waals surface area contributed by atoms with E-state index in [1.165, 1.54) is 0 Å². The van der Waals surface area contributed by atoms with Gasteiger partial charge in [-0.05, 0) is 41.0 Å². The zero-order valence-corrected chi connectivity index (χ0v) is 15.2. The van der Waals surface area contributed by atoms with Gasteiger partial charge in [0.05, 0.1) is 5.56 Å². The monoisotopic (exact) mass is 370 g/mol. The molecule has 0 amide bonds. The van der Waals surface area contributed by atoms with Crippen LogP contribution in [0.2, 0.25) is 0 Å². The third-order valence-corrected chi connectivity index (χ3v) is 5.00. The van der Waals surface area contributed by atoms with Crippen LogP contribution in [0.3, 0.4) is 0 Å². The first kappa shape index (κ1) is 16.7. The summed E-state index contributed by atoms with van der Waals surface area (Å²) in [5.74, 6) is 0.770. The van der Waals surface area contributed by atoms with E-state index in [9.17, 15) is 4.79 Å². The maximum Gasteiger partial charge on any atom is 0.336 e. The maximum absolute atomic E-state index is 12.3. The Morgan fingerprint density at radius 2 is 1.82 bits per heavy atom. The van der Waals surface area contributed by atoms with Gasteiger partial charge in [0.15, 0.2) is 0 Å². The van der Waals surface area contributed by atoms with Gasteiger partial charge in [-0.15, -0.1) is 0 Å². The molecule has 0 atom stereocenters. The summed E-state index contributed by atoms with van der Waals surface area (Å²) in [6, 6.07) is 19.4. The Kier molecular flexibility index (Phi) is 4.14. The van der Waals surface area contributed by atoms with Crippen LogP contribution in [0, 0.1) is 0 Å². The highest BCUT2D eigenvalue weighted by Crippen LogP contribution is 2.36. The van der Waals surface area contributed by atoms with Crippen molar-refractivity contribution in [1.82, 2.24) is 9.88 Å². The molecule has 2 aromatic heterocycles. The summed E-state index contributed by atoms with van der Waals surface area (Å²) in [6.45, 7) is 1.88. The maximum atomic E-state index is 12.3. The van der Waals surface area contributed by atoms with Crippen LogP contribution < -0.4 is 10.4 Å². The standard InChI is InChI=1S/C23H18N2O3/c26-22-12-19(17-4-2-1-3-5-17)18-6-7-21-20(23(18)28-22)14-25(15-27-21)13-16-8-10-24-11-9-16/h1-12H,13-15H2. The number of hydrogen-bond donors (Lipinski definition) is 0. The molecule has 0 spiro atoms. The van der Waals surface area contributed by atoms with Crippen molar-refractivity contribution in [2.75, 3.05) is 6.73 Å². The predicted octanol–water partition coefficient (Wildman–Crippen LogP) is 4.21. The molecule has 1 aliphatic rings. The van der Waals surface area contributed by atoms with Crippen molar-refractivity contribution in [1.29, 1.82) is 0 Å². The van der Waals surface area contributed by atoms with E-state index >= 15 is 0 Å². The molecular weight excluding hydrogens is 352 g/mol. The van der Waals surface area contributed by atoms with Gasteiger partial charge < -0.3 is 9.15 Å². The van der Waals surface area contributed by atoms with Crippen LogP contribution in [0.1, 0.15) is 11.1 Å². The average molecular weight is 370 g/mol. The van der Waals surface area contributed by atoms with Gasteiger partial charge in [-0.1, -0.05) is 30.3 Å². The molecule has 5 rings (SSSR count). The number of benzene rings is 2. The second kappa shape index (κ2) is 6.94. The quantitative estimate of drug-likeness (QED) is 0.506. The molecule has 0 aliphatic carbocycles. The van der Waals surface area contributed by atoms with E-state index in [2.05, 4.69) is 9.88 Å². The summed E-state index contributed by atoms with van der Waals surface area (Å²) >= 11 is 0. The van der Waals surface area contributed by atoms with E-state index in [-0.39, 0.29) is 5.63 Å². The number of nitrogens with zero attached hydrogens (tertiary/aromatic N) is 2. The van der Waals surface area contributed by atoms with Crippen molar-refractivity contribution >= 4 is 11.0 Å². The van der Waals surface area contributed by atoms with Gasteiger partial charge in [-0.2, -0.15) is 0 Å². The van der Waals surface area contributed by atoms with E-state index in [0.717, 1.165) is 39.9 Å². The van der Waals surface area contributed by atoms with Gasteiger partial charge in [-0.3, -0.25) is 9.88 Å². The molecule has 3 heterocycles. The smallest absolute Gasteiger partial charge is 0.336 e. The van der Waals surface area contributed by atoms with Gasteiger partial charge in [0.1, 0.15) is 18.1 Å². The predicted molar refractivity (Wildman–Crippen MR) is 107 cm³/mol. The van der Waals surface area contributed by atoms with Gasteiger partial charge in [0, 0.05) is 36.9 Å². The van der Waals surface area contributed by atoms with Gasteiger partial charge >= 0.3 is 5.63 Å². The second-order valence-electron chi connectivity index (χ2n) is 6.88. The number of aromatic nitrogens is 1. The van der Waals surface area contributed by atoms with Crippen molar-refractivity contribution in [2.45, 2.75) is 13.1 Å². The fraction of sp³-hybridized carbons (Fsp3) is 0.130. The molecule has 0 saturated heterocycles. The lowest BCUT2D eigenvalue weighted by molar-refractivity contribution is 0.0889. The minimum Gasteiger partial charge on any atom is -0.478 e.